The number of hydrogen-bond donors (Lipinski definition) is 1. The summed E-state index contributed by atoms with van der Waals surface area (Å²) in [6.45, 7) is 0.929. The van der Waals surface area contributed by atoms with Crippen molar-refractivity contribution in [2.75, 3.05) is 41.9 Å². The van der Waals surface area contributed by atoms with E-state index in [1.165, 1.54) is 0 Å². The number of nitrogens with one attached hydrogen (secondary N) is 1. The molecule has 2 radical (unpaired) electrons. The largest absolute Gasteiger partial charge is 0.360 e. The number of methoxy groups -OCH3 is 2. The third-order valence-corrected chi connectivity index (χ3v) is 3.46. The molecule has 0 atom stereocenters. The molecule has 0 fully saturated rings. The minimum atomic E-state index is -0.0480. The summed E-state index contributed by atoms with van der Waals surface area (Å²) in [5, 5.41) is 3.28. The first-order valence-corrected chi connectivity index (χ1v) is 6.61. The van der Waals surface area contributed by atoms with Crippen molar-refractivity contribution in [2.45, 2.75) is 18.4 Å². The van der Waals surface area contributed by atoms with E-state index >= 15 is 0 Å². The van der Waals surface area contributed by atoms with Crippen molar-refractivity contribution in [3.63, 3.8) is 0 Å². The van der Waals surface area contributed by atoms with Crippen LogP contribution in [0.2, 0.25) is 6.04 Å². The zero-order chi connectivity index (χ0) is 12.4. The van der Waals surface area contributed by atoms with Crippen LogP contribution in [0, 0.1) is 0 Å². The van der Waals surface area contributed by atoms with Crippen molar-refractivity contribution in [2.24, 2.45) is 4.99 Å². The number of hydrogen-bond acceptors (Lipinski definition) is 3. The van der Waals surface area contributed by atoms with Gasteiger partial charge in [0.15, 0.2) is 5.96 Å². The van der Waals surface area contributed by atoms with E-state index in [1.54, 1.807) is 21.3 Å². The van der Waals surface area contributed by atoms with Gasteiger partial charge in [0.05, 0.1) is 0 Å². The SMILES string of the molecule is CN=C(NCCC[Si]C(OC)OC)N(C)C. The van der Waals surface area contributed by atoms with Gasteiger partial charge in [-0.1, -0.05) is 6.04 Å². The van der Waals surface area contributed by atoms with Gasteiger partial charge >= 0.3 is 0 Å². The van der Waals surface area contributed by atoms with Gasteiger partial charge in [0, 0.05) is 41.9 Å². The van der Waals surface area contributed by atoms with E-state index in [1.807, 2.05) is 19.0 Å². The molecule has 0 aliphatic heterocycles. The van der Waals surface area contributed by atoms with Gasteiger partial charge in [-0.15, -0.1) is 0 Å². The second kappa shape index (κ2) is 9.62. The Morgan fingerprint density at radius 1 is 1.38 bits per heavy atom. The average molecular weight is 245 g/mol. The zero-order valence-electron chi connectivity index (χ0n) is 10.9. The van der Waals surface area contributed by atoms with Gasteiger partial charge in [0.1, 0.15) is 15.4 Å². The van der Waals surface area contributed by atoms with Crippen LogP contribution in [0.1, 0.15) is 6.42 Å². The molecule has 0 aliphatic rings. The second-order valence-corrected chi connectivity index (χ2v) is 4.86. The molecule has 94 valence electrons. The summed E-state index contributed by atoms with van der Waals surface area (Å²) in [5.74, 6) is 0.867. The highest BCUT2D eigenvalue weighted by Gasteiger charge is 2.05. The predicted octanol–water partition coefficient (Wildman–Crippen LogP) is 0.212. The van der Waals surface area contributed by atoms with Crippen LogP contribution < -0.4 is 5.32 Å². The number of guanidine groups is 1. The fraction of sp³-hybridized carbons (Fsp3) is 0.900. The van der Waals surface area contributed by atoms with Crippen LogP contribution >= 0.6 is 0 Å². The summed E-state index contributed by atoms with van der Waals surface area (Å²) >= 11 is 0. The maximum absolute atomic E-state index is 5.12. The molecule has 5 nitrogen and oxygen atoms in total. The summed E-state index contributed by atoms with van der Waals surface area (Å²) in [6.07, 6.45) is 1.09. The molecule has 1 N–H and O–H groups in total. The molecule has 0 heterocycles. The molecule has 0 unspecified atom stereocenters. The molecule has 0 spiro atoms. The lowest BCUT2D eigenvalue weighted by molar-refractivity contribution is -0.0441. The Balaban J connectivity index is 3.53. The molecular weight excluding hydrogens is 222 g/mol. The van der Waals surface area contributed by atoms with Crippen LogP contribution in [0.4, 0.5) is 0 Å². The fourth-order valence-corrected chi connectivity index (χ4v) is 2.16. The highest BCUT2D eigenvalue weighted by Crippen LogP contribution is 1.95. The maximum Gasteiger partial charge on any atom is 0.193 e. The van der Waals surface area contributed by atoms with Gasteiger partial charge in [0.25, 0.3) is 0 Å². The van der Waals surface area contributed by atoms with Crippen molar-refractivity contribution < 1.29 is 9.47 Å². The first kappa shape index (κ1) is 15.4. The molecule has 0 saturated carbocycles. The maximum atomic E-state index is 5.12. The predicted molar refractivity (Wildman–Crippen MR) is 68.0 cm³/mol. The molecule has 0 aliphatic carbocycles. The topological polar surface area (TPSA) is 46.1 Å². The number of rotatable bonds is 7. The Kier molecular flexibility index (Phi) is 9.26. The van der Waals surface area contributed by atoms with Crippen molar-refractivity contribution in [1.29, 1.82) is 0 Å². The summed E-state index contributed by atoms with van der Waals surface area (Å²) in [5.41, 5.74) is 0. The van der Waals surface area contributed by atoms with E-state index in [-0.39, 0.29) is 5.91 Å². The van der Waals surface area contributed by atoms with Gasteiger partial charge in [0.2, 0.25) is 0 Å². The summed E-state index contributed by atoms with van der Waals surface area (Å²) in [4.78, 5) is 6.10. The Bertz CT molecular complexity index is 197. The van der Waals surface area contributed by atoms with Gasteiger partial charge in [-0.05, 0) is 6.42 Å². The minimum Gasteiger partial charge on any atom is -0.360 e. The summed E-state index contributed by atoms with van der Waals surface area (Å²) in [7, 11) is 9.77. The molecule has 16 heavy (non-hydrogen) atoms. The molecule has 0 rings (SSSR count). The molecule has 6 heteroatoms. The fourth-order valence-electron chi connectivity index (χ4n) is 1.21. The van der Waals surface area contributed by atoms with Crippen LogP contribution in [-0.2, 0) is 9.47 Å². The molecule has 0 aromatic carbocycles. The van der Waals surface area contributed by atoms with Gasteiger partial charge in [-0.2, -0.15) is 0 Å². The smallest absolute Gasteiger partial charge is 0.193 e. The quantitative estimate of drug-likeness (QED) is 0.229. The van der Waals surface area contributed by atoms with Crippen molar-refractivity contribution in [3.8, 4) is 0 Å². The van der Waals surface area contributed by atoms with Crippen LogP contribution in [0.3, 0.4) is 0 Å². The minimum absolute atomic E-state index is 0.0480. The molecule has 0 bridgehead atoms. The normalized spacial score (nSPS) is 12.0. The number of aliphatic imine (C=N–C) groups is 1. The summed E-state index contributed by atoms with van der Waals surface area (Å²) < 4.78 is 10.2. The first-order chi connectivity index (χ1) is 7.65. The lowest BCUT2D eigenvalue weighted by Gasteiger charge is -2.17. The summed E-state index contributed by atoms with van der Waals surface area (Å²) in [6, 6.07) is 1.10. The van der Waals surface area contributed by atoms with E-state index < -0.39 is 0 Å². The van der Waals surface area contributed by atoms with E-state index in [0.717, 1.165) is 25.0 Å². The van der Waals surface area contributed by atoms with E-state index in [2.05, 4.69) is 10.3 Å². The zero-order valence-corrected chi connectivity index (χ0v) is 11.9. The standard InChI is InChI=1S/C10H23N3O2Si/c1-11-9(13(2)3)12-7-6-8-16-10(14-4)15-5/h10H,6-8H2,1-5H3,(H,11,12). The Morgan fingerprint density at radius 2 is 2.00 bits per heavy atom. The average Bonchev–Trinajstić information content (AvgIpc) is 2.28. The Labute approximate surface area is 101 Å². The van der Waals surface area contributed by atoms with Crippen LogP contribution in [0.15, 0.2) is 4.99 Å². The third-order valence-electron chi connectivity index (χ3n) is 2.01. The molecule has 0 aromatic heterocycles. The molecule has 0 amide bonds. The van der Waals surface area contributed by atoms with Gasteiger partial charge in [-0.25, -0.2) is 0 Å². The second-order valence-electron chi connectivity index (χ2n) is 3.48. The Hall–Kier alpha value is -0.593. The van der Waals surface area contributed by atoms with Crippen LogP contribution in [0.5, 0.6) is 0 Å². The highest BCUT2D eigenvalue weighted by atomic mass is 28.2. The van der Waals surface area contributed by atoms with Crippen LogP contribution in [0.25, 0.3) is 0 Å². The van der Waals surface area contributed by atoms with E-state index in [0.29, 0.717) is 9.52 Å². The third kappa shape index (κ3) is 6.81. The molecular formula is C10H23N3O2Si. The Morgan fingerprint density at radius 3 is 2.44 bits per heavy atom. The van der Waals surface area contributed by atoms with Gasteiger partial charge in [-0.3, -0.25) is 4.99 Å². The van der Waals surface area contributed by atoms with Crippen molar-refractivity contribution in [3.05, 3.63) is 0 Å². The monoisotopic (exact) mass is 245 g/mol. The molecule has 0 aromatic rings. The molecule has 0 saturated heterocycles. The van der Waals surface area contributed by atoms with E-state index in [9.17, 15) is 0 Å². The van der Waals surface area contributed by atoms with Crippen LogP contribution in [-0.4, -0.2) is 68.2 Å². The first-order valence-electron chi connectivity index (χ1n) is 5.32. The number of nitrogens with zero attached hydrogens (tertiary/aromatic N) is 2. The van der Waals surface area contributed by atoms with Crippen molar-refractivity contribution in [1.82, 2.24) is 10.2 Å². The number of ether oxygens (including phenoxy) is 2. The lowest BCUT2D eigenvalue weighted by atomic mass is 10.5. The highest BCUT2D eigenvalue weighted by molar-refractivity contribution is 6.36. The van der Waals surface area contributed by atoms with Gasteiger partial charge < -0.3 is 19.7 Å². The van der Waals surface area contributed by atoms with Crippen molar-refractivity contribution >= 4 is 15.5 Å². The van der Waals surface area contributed by atoms with E-state index in [4.69, 9.17) is 9.47 Å². The lowest BCUT2D eigenvalue weighted by Crippen LogP contribution is -2.36.